The van der Waals surface area contributed by atoms with E-state index in [0.29, 0.717) is 18.3 Å². The predicted octanol–water partition coefficient (Wildman–Crippen LogP) is 2.56. The lowest BCUT2D eigenvalue weighted by atomic mass is 10.1. The van der Waals surface area contributed by atoms with Crippen molar-refractivity contribution in [1.29, 1.82) is 0 Å². The van der Waals surface area contributed by atoms with Gasteiger partial charge in [0.15, 0.2) is 0 Å². The number of carbonyl (C=O) groups is 1. The van der Waals surface area contributed by atoms with E-state index in [1.807, 2.05) is 32.6 Å². The molecular weight excluding hydrogens is 262 g/mol. The van der Waals surface area contributed by atoms with Gasteiger partial charge in [-0.1, -0.05) is 13.8 Å². The summed E-state index contributed by atoms with van der Waals surface area (Å²) < 4.78 is 0. The van der Waals surface area contributed by atoms with Crippen molar-refractivity contribution in [3.8, 4) is 0 Å². The average molecular weight is 281 g/mol. The van der Waals surface area contributed by atoms with Crippen molar-refractivity contribution in [2.45, 2.75) is 33.7 Å². The SMILES string of the molecule is CC(C)CN(c1cc(C(=O)O)c([N+](=O)[O-])cn1)C(C)C. The Kier molecular flexibility index (Phi) is 5.01. The van der Waals surface area contributed by atoms with Crippen molar-refractivity contribution in [3.63, 3.8) is 0 Å². The summed E-state index contributed by atoms with van der Waals surface area (Å²) in [6.45, 7) is 8.71. The first-order chi connectivity index (χ1) is 9.23. The fourth-order valence-corrected chi connectivity index (χ4v) is 1.87. The van der Waals surface area contributed by atoms with E-state index in [1.54, 1.807) is 0 Å². The number of aromatic nitrogens is 1. The molecule has 0 saturated carbocycles. The zero-order chi connectivity index (χ0) is 15.4. The average Bonchev–Trinajstić information content (AvgIpc) is 2.34. The lowest BCUT2D eigenvalue weighted by Crippen LogP contribution is -2.35. The number of nitrogens with zero attached hydrogens (tertiary/aromatic N) is 3. The fraction of sp³-hybridized carbons (Fsp3) is 0.538. The Hall–Kier alpha value is -2.18. The third kappa shape index (κ3) is 3.66. The molecule has 0 bridgehead atoms. The highest BCUT2D eigenvalue weighted by Gasteiger charge is 2.23. The molecule has 0 aromatic carbocycles. The highest BCUT2D eigenvalue weighted by Crippen LogP contribution is 2.24. The Labute approximate surface area is 117 Å². The molecule has 0 atom stereocenters. The van der Waals surface area contributed by atoms with Gasteiger partial charge in [-0.05, 0) is 19.8 Å². The van der Waals surface area contributed by atoms with Crippen LogP contribution in [0.5, 0.6) is 0 Å². The van der Waals surface area contributed by atoms with Crippen LogP contribution in [0.2, 0.25) is 0 Å². The zero-order valence-corrected chi connectivity index (χ0v) is 12.0. The normalized spacial score (nSPS) is 10.9. The lowest BCUT2D eigenvalue weighted by Gasteiger charge is -2.29. The number of carboxylic acids is 1. The Balaban J connectivity index is 3.27. The van der Waals surface area contributed by atoms with Crippen molar-refractivity contribution in [2.24, 2.45) is 5.92 Å². The number of anilines is 1. The standard InChI is InChI=1S/C13H19N3O4/c1-8(2)7-15(9(3)4)12-5-10(13(17)18)11(6-14-12)16(19)20/h5-6,8-9H,7H2,1-4H3,(H,17,18). The molecule has 0 unspecified atom stereocenters. The minimum atomic E-state index is -1.33. The number of hydrogen-bond donors (Lipinski definition) is 1. The third-order valence-electron chi connectivity index (χ3n) is 2.78. The van der Waals surface area contributed by atoms with Crippen molar-refractivity contribution in [1.82, 2.24) is 4.98 Å². The first-order valence-corrected chi connectivity index (χ1v) is 6.38. The highest BCUT2D eigenvalue weighted by molar-refractivity contribution is 5.93. The topological polar surface area (TPSA) is 96.6 Å². The third-order valence-corrected chi connectivity index (χ3v) is 2.78. The molecule has 1 aromatic heterocycles. The molecule has 0 saturated heterocycles. The molecule has 0 fully saturated rings. The van der Waals surface area contributed by atoms with E-state index in [0.717, 1.165) is 6.20 Å². The molecule has 0 radical (unpaired) electrons. The quantitative estimate of drug-likeness (QED) is 0.635. The van der Waals surface area contributed by atoms with Crippen LogP contribution in [0, 0.1) is 16.0 Å². The molecule has 20 heavy (non-hydrogen) atoms. The summed E-state index contributed by atoms with van der Waals surface area (Å²) in [6.07, 6.45) is 1.01. The molecule has 7 nitrogen and oxygen atoms in total. The maximum atomic E-state index is 11.1. The minimum absolute atomic E-state index is 0.119. The van der Waals surface area contributed by atoms with Crippen LogP contribution in [0.1, 0.15) is 38.1 Å². The predicted molar refractivity (Wildman–Crippen MR) is 75.2 cm³/mol. The van der Waals surface area contributed by atoms with Gasteiger partial charge in [0.05, 0.1) is 4.92 Å². The number of rotatable bonds is 6. The first-order valence-electron chi connectivity index (χ1n) is 6.38. The molecule has 1 N–H and O–H groups in total. The summed E-state index contributed by atoms with van der Waals surface area (Å²) in [7, 11) is 0. The molecule has 0 aliphatic rings. The Morgan fingerprint density at radius 1 is 1.45 bits per heavy atom. The van der Waals surface area contributed by atoms with E-state index in [4.69, 9.17) is 5.11 Å². The van der Waals surface area contributed by atoms with Crippen LogP contribution in [-0.4, -0.2) is 33.6 Å². The second kappa shape index (κ2) is 6.31. The van der Waals surface area contributed by atoms with Gasteiger partial charge in [0.2, 0.25) is 0 Å². The van der Waals surface area contributed by atoms with E-state index in [1.165, 1.54) is 6.07 Å². The molecule has 0 amide bonds. The van der Waals surface area contributed by atoms with Gasteiger partial charge in [-0.15, -0.1) is 0 Å². The summed E-state index contributed by atoms with van der Waals surface area (Å²) in [5.74, 6) is -0.520. The van der Waals surface area contributed by atoms with Crippen LogP contribution < -0.4 is 4.90 Å². The van der Waals surface area contributed by atoms with Crippen molar-refractivity contribution < 1.29 is 14.8 Å². The molecule has 1 heterocycles. The zero-order valence-electron chi connectivity index (χ0n) is 12.0. The maximum absolute atomic E-state index is 11.1. The second-order valence-corrected chi connectivity index (χ2v) is 5.26. The van der Waals surface area contributed by atoms with Gasteiger partial charge in [-0.3, -0.25) is 10.1 Å². The van der Waals surface area contributed by atoms with Crippen LogP contribution in [0.25, 0.3) is 0 Å². The molecular formula is C13H19N3O4. The number of pyridine rings is 1. The van der Waals surface area contributed by atoms with Crippen molar-refractivity contribution in [3.05, 3.63) is 27.9 Å². The molecule has 0 aliphatic heterocycles. The van der Waals surface area contributed by atoms with Gasteiger partial charge in [0.1, 0.15) is 17.6 Å². The van der Waals surface area contributed by atoms with E-state index < -0.39 is 16.6 Å². The Morgan fingerprint density at radius 3 is 2.45 bits per heavy atom. The van der Waals surface area contributed by atoms with E-state index in [-0.39, 0.29) is 11.6 Å². The number of carboxylic acid groups (broad SMARTS) is 1. The van der Waals surface area contributed by atoms with Crippen LogP contribution in [0.15, 0.2) is 12.3 Å². The van der Waals surface area contributed by atoms with E-state index >= 15 is 0 Å². The summed E-state index contributed by atoms with van der Waals surface area (Å²) in [5, 5.41) is 19.9. The van der Waals surface area contributed by atoms with Crippen LogP contribution in [-0.2, 0) is 0 Å². The second-order valence-electron chi connectivity index (χ2n) is 5.26. The van der Waals surface area contributed by atoms with Gasteiger partial charge >= 0.3 is 11.7 Å². The first kappa shape index (κ1) is 15.9. The van der Waals surface area contributed by atoms with Gasteiger partial charge in [-0.2, -0.15) is 0 Å². The monoisotopic (exact) mass is 281 g/mol. The van der Waals surface area contributed by atoms with Crippen molar-refractivity contribution in [2.75, 3.05) is 11.4 Å². The van der Waals surface area contributed by atoms with Crippen LogP contribution in [0.3, 0.4) is 0 Å². The van der Waals surface area contributed by atoms with Gasteiger partial charge in [0.25, 0.3) is 0 Å². The number of aromatic carboxylic acids is 1. The van der Waals surface area contributed by atoms with Gasteiger partial charge in [0, 0.05) is 18.7 Å². The van der Waals surface area contributed by atoms with Crippen molar-refractivity contribution >= 4 is 17.5 Å². The van der Waals surface area contributed by atoms with Gasteiger partial charge in [-0.25, -0.2) is 9.78 Å². The largest absolute Gasteiger partial charge is 0.477 e. The van der Waals surface area contributed by atoms with E-state index in [9.17, 15) is 14.9 Å². The fourth-order valence-electron chi connectivity index (χ4n) is 1.87. The van der Waals surface area contributed by atoms with E-state index in [2.05, 4.69) is 4.98 Å². The van der Waals surface area contributed by atoms with Crippen LogP contribution >= 0.6 is 0 Å². The molecule has 110 valence electrons. The Bertz CT molecular complexity index is 514. The summed E-state index contributed by atoms with van der Waals surface area (Å²) in [5.41, 5.74) is -0.830. The number of hydrogen-bond acceptors (Lipinski definition) is 5. The van der Waals surface area contributed by atoms with Crippen LogP contribution in [0.4, 0.5) is 11.5 Å². The molecule has 0 aliphatic carbocycles. The molecule has 0 spiro atoms. The summed E-state index contributed by atoms with van der Waals surface area (Å²) in [6, 6.07) is 1.39. The molecule has 7 heteroatoms. The molecule has 1 rings (SSSR count). The molecule has 1 aromatic rings. The number of nitro groups is 1. The maximum Gasteiger partial charge on any atom is 0.342 e. The van der Waals surface area contributed by atoms with Gasteiger partial charge < -0.3 is 10.0 Å². The Morgan fingerprint density at radius 2 is 2.05 bits per heavy atom. The summed E-state index contributed by atoms with van der Waals surface area (Å²) in [4.78, 5) is 27.2. The highest BCUT2D eigenvalue weighted by atomic mass is 16.6. The minimum Gasteiger partial charge on any atom is -0.477 e. The smallest absolute Gasteiger partial charge is 0.342 e. The summed E-state index contributed by atoms with van der Waals surface area (Å²) >= 11 is 0. The lowest BCUT2D eigenvalue weighted by molar-refractivity contribution is -0.385.